The van der Waals surface area contributed by atoms with Crippen LogP contribution in [0.25, 0.3) is 0 Å². The fraction of sp³-hybridized carbons (Fsp3) is 0.450. The lowest BCUT2D eigenvalue weighted by atomic mass is 10.2. The van der Waals surface area contributed by atoms with Crippen LogP contribution in [0.2, 0.25) is 0 Å². The molecule has 166 valence electrons. The number of hydrogen-bond acceptors (Lipinski definition) is 4. The highest BCUT2D eigenvalue weighted by Gasteiger charge is 2.27. The Bertz CT molecular complexity index is 944. The fourth-order valence-corrected chi connectivity index (χ4v) is 6.11. The van der Waals surface area contributed by atoms with Crippen LogP contribution in [0.1, 0.15) is 36.6 Å². The molecule has 0 bridgehead atoms. The molecule has 0 atom stereocenters. The fourth-order valence-electron chi connectivity index (χ4n) is 3.14. The van der Waals surface area contributed by atoms with Crippen molar-refractivity contribution in [3.8, 4) is 0 Å². The second kappa shape index (κ2) is 12.0. The molecule has 2 N–H and O–H groups in total. The zero-order chi connectivity index (χ0) is 20.7. The van der Waals surface area contributed by atoms with Gasteiger partial charge >= 0.3 is 0 Å². The number of thiophene rings is 1. The lowest BCUT2D eigenvalue weighted by Crippen LogP contribution is -2.36. The van der Waals surface area contributed by atoms with Crippen LogP contribution in [-0.4, -0.2) is 38.3 Å². The molecule has 0 aliphatic carbocycles. The van der Waals surface area contributed by atoms with Gasteiger partial charge in [0.05, 0.1) is 13.1 Å². The van der Waals surface area contributed by atoms with Gasteiger partial charge < -0.3 is 10.6 Å². The molecule has 0 saturated carbocycles. The lowest BCUT2D eigenvalue weighted by molar-refractivity contribution is 0.347. The molecule has 6 nitrogen and oxygen atoms in total. The van der Waals surface area contributed by atoms with Crippen molar-refractivity contribution in [2.45, 2.75) is 43.5 Å². The SMILES string of the molecule is CCNC(=NCc1cccc(F)c1)NCc1ccc(S(=O)(=O)N2CCCCC2)s1.I. The summed E-state index contributed by atoms with van der Waals surface area (Å²) in [5, 5.41) is 6.36. The first kappa shape index (κ1) is 25.0. The van der Waals surface area contributed by atoms with Gasteiger partial charge in [0.15, 0.2) is 5.96 Å². The molecular formula is C20H28FIN4O2S2. The standard InChI is InChI=1S/C20H27FN4O2S2.HI/c1-2-22-20(23-14-16-7-6-8-17(21)13-16)24-15-18-9-10-19(28-18)29(26,27)25-11-4-3-5-12-25;/h6-10,13H,2-5,11-12,14-15H2,1H3,(H2,22,23,24);1H. The Labute approximate surface area is 199 Å². The van der Waals surface area contributed by atoms with E-state index < -0.39 is 10.0 Å². The highest BCUT2D eigenvalue weighted by Crippen LogP contribution is 2.27. The van der Waals surface area contributed by atoms with E-state index in [1.165, 1.54) is 23.5 Å². The third-order valence-electron chi connectivity index (χ3n) is 4.63. The number of nitrogens with one attached hydrogen (secondary N) is 2. The van der Waals surface area contributed by atoms with Crippen molar-refractivity contribution in [3.05, 3.63) is 52.7 Å². The highest BCUT2D eigenvalue weighted by atomic mass is 127. The average molecular weight is 567 g/mol. The molecule has 0 amide bonds. The van der Waals surface area contributed by atoms with E-state index in [1.54, 1.807) is 16.4 Å². The van der Waals surface area contributed by atoms with Gasteiger partial charge in [-0.2, -0.15) is 4.31 Å². The van der Waals surface area contributed by atoms with Crippen LogP contribution in [-0.2, 0) is 23.1 Å². The van der Waals surface area contributed by atoms with E-state index in [0.717, 1.165) is 29.7 Å². The number of benzene rings is 1. The predicted octanol–water partition coefficient (Wildman–Crippen LogP) is 3.94. The first-order valence-corrected chi connectivity index (χ1v) is 12.1. The Balaban J connectivity index is 0.00000320. The maximum atomic E-state index is 13.3. The van der Waals surface area contributed by atoms with Gasteiger partial charge in [0.2, 0.25) is 0 Å². The van der Waals surface area contributed by atoms with E-state index in [-0.39, 0.29) is 29.8 Å². The monoisotopic (exact) mass is 566 g/mol. The van der Waals surface area contributed by atoms with Gasteiger partial charge in [-0.15, -0.1) is 35.3 Å². The summed E-state index contributed by atoms with van der Waals surface area (Å²) in [7, 11) is -3.40. The number of aliphatic imine (C=N–C) groups is 1. The summed E-state index contributed by atoms with van der Waals surface area (Å²) in [4.78, 5) is 5.39. The molecule has 0 spiro atoms. The van der Waals surface area contributed by atoms with Crippen LogP contribution in [0.4, 0.5) is 4.39 Å². The maximum Gasteiger partial charge on any atom is 0.252 e. The van der Waals surface area contributed by atoms with E-state index in [2.05, 4.69) is 15.6 Å². The first-order valence-electron chi connectivity index (χ1n) is 9.84. The Morgan fingerprint density at radius 1 is 1.17 bits per heavy atom. The normalized spacial score (nSPS) is 15.5. The summed E-state index contributed by atoms with van der Waals surface area (Å²) in [5.41, 5.74) is 0.785. The van der Waals surface area contributed by atoms with Gasteiger partial charge in [-0.05, 0) is 49.6 Å². The van der Waals surface area contributed by atoms with Gasteiger partial charge in [-0.3, -0.25) is 0 Å². The van der Waals surface area contributed by atoms with Crippen LogP contribution in [0.5, 0.6) is 0 Å². The van der Waals surface area contributed by atoms with Crippen molar-refractivity contribution in [3.63, 3.8) is 0 Å². The first-order chi connectivity index (χ1) is 14.0. The van der Waals surface area contributed by atoms with Gasteiger partial charge in [0.1, 0.15) is 10.0 Å². The molecule has 1 aliphatic rings. The summed E-state index contributed by atoms with van der Waals surface area (Å²) in [5.74, 6) is 0.322. The van der Waals surface area contributed by atoms with Crippen molar-refractivity contribution in [2.75, 3.05) is 19.6 Å². The number of sulfonamides is 1. The van der Waals surface area contributed by atoms with Crippen molar-refractivity contribution in [2.24, 2.45) is 4.99 Å². The second-order valence-corrected chi connectivity index (χ2v) is 10.2. The molecule has 1 saturated heterocycles. The quantitative estimate of drug-likeness (QED) is 0.303. The predicted molar refractivity (Wildman–Crippen MR) is 130 cm³/mol. The molecule has 30 heavy (non-hydrogen) atoms. The van der Waals surface area contributed by atoms with E-state index in [1.807, 2.05) is 19.1 Å². The van der Waals surface area contributed by atoms with Crippen LogP contribution >= 0.6 is 35.3 Å². The average Bonchev–Trinajstić information content (AvgIpc) is 3.21. The minimum Gasteiger partial charge on any atom is -0.357 e. The van der Waals surface area contributed by atoms with Gasteiger partial charge in [-0.1, -0.05) is 18.6 Å². The largest absolute Gasteiger partial charge is 0.357 e. The van der Waals surface area contributed by atoms with E-state index in [0.29, 0.717) is 42.9 Å². The number of hydrogen-bond donors (Lipinski definition) is 2. The van der Waals surface area contributed by atoms with E-state index in [9.17, 15) is 12.8 Å². The minimum absolute atomic E-state index is 0. The molecule has 0 unspecified atom stereocenters. The third kappa shape index (κ3) is 6.89. The van der Waals surface area contributed by atoms with Gasteiger partial charge in [0.25, 0.3) is 10.0 Å². The highest BCUT2D eigenvalue weighted by molar-refractivity contribution is 14.0. The summed E-state index contributed by atoms with van der Waals surface area (Å²) in [6, 6.07) is 9.88. The lowest BCUT2D eigenvalue weighted by Gasteiger charge is -2.25. The zero-order valence-corrected chi connectivity index (χ0v) is 20.9. The molecule has 3 rings (SSSR count). The Morgan fingerprint density at radius 2 is 1.93 bits per heavy atom. The second-order valence-electron chi connectivity index (χ2n) is 6.86. The summed E-state index contributed by atoms with van der Waals surface area (Å²) in [6.07, 6.45) is 2.94. The number of halogens is 2. The molecule has 2 heterocycles. The molecular weight excluding hydrogens is 538 g/mol. The van der Waals surface area contributed by atoms with Crippen LogP contribution in [0.15, 0.2) is 45.6 Å². The number of piperidine rings is 1. The maximum absolute atomic E-state index is 13.3. The number of rotatable bonds is 7. The van der Waals surface area contributed by atoms with Crippen molar-refractivity contribution < 1.29 is 12.8 Å². The third-order valence-corrected chi connectivity index (χ3v) is 8.08. The van der Waals surface area contributed by atoms with Crippen LogP contribution in [0, 0.1) is 5.82 Å². The van der Waals surface area contributed by atoms with Crippen molar-refractivity contribution >= 4 is 51.3 Å². The number of nitrogens with zero attached hydrogens (tertiary/aromatic N) is 2. The summed E-state index contributed by atoms with van der Waals surface area (Å²) in [6.45, 7) is 4.68. The van der Waals surface area contributed by atoms with Crippen molar-refractivity contribution in [1.29, 1.82) is 0 Å². The number of guanidine groups is 1. The Hall–Kier alpha value is -1.24. The van der Waals surface area contributed by atoms with Gasteiger partial charge in [0, 0.05) is 24.5 Å². The molecule has 1 aromatic carbocycles. The molecule has 1 aliphatic heterocycles. The smallest absolute Gasteiger partial charge is 0.252 e. The molecule has 2 aromatic rings. The molecule has 1 aromatic heterocycles. The Morgan fingerprint density at radius 3 is 2.63 bits per heavy atom. The van der Waals surface area contributed by atoms with Gasteiger partial charge in [-0.25, -0.2) is 17.8 Å². The van der Waals surface area contributed by atoms with Crippen LogP contribution < -0.4 is 10.6 Å². The van der Waals surface area contributed by atoms with Crippen molar-refractivity contribution in [1.82, 2.24) is 14.9 Å². The zero-order valence-electron chi connectivity index (χ0n) is 16.9. The Kier molecular flexibility index (Phi) is 9.98. The molecule has 0 radical (unpaired) electrons. The van der Waals surface area contributed by atoms with E-state index in [4.69, 9.17) is 0 Å². The van der Waals surface area contributed by atoms with Crippen LogP contribution in [0.3, 0.4) is 0 Å². The summed E-state index contributed by atoms with van der Waals surface area (Å²) < 4.78 is 40.8. The topological polar surface area (TPSA) is 73.8 Å². The van der Waals surface area contributed by atoms with E-state index >= 15 is 0 Å². The minimum atomic E-state index is -3.40. The molecule has 1 fully saturated rings. The molecule has 10 heteroatoms. The summed E-state index contributed by atoms with van der Waals surface area (Å²) >= 11 is 1.29.